The highest BCUT2D eigenvalue weighted by molar-refractivity contribution is 5.88. The second-order valence-corrected chi connectivity index (χ2v) is 5.66. The number of carbonyl (C=O) groups excluding carboxylic acids is 1. The quantitative estimate of drug-likeness (QED) is 0.912. The summed E-state index contributed by atoms with van der Waals surface area (Å²) in [6, 6.07) is 7.35. The maximum atomic E-state index is 13.0. The van der Waals surface area contributed by atoms with E-state index in [1.54, 1.807) is 27.8 Å². The molecule has 1 aromatic heterocycles. The number of benzene rings is 1. The van der Waals surface area contributed by atoms with Crippen molar-refractivity contribution in [1.29, 1.82) is 0 Å². The fraction of sp³-hybridized carbons (Fsp3) is 0.375. The molecule has 3 rings (SSSR count). The molecule has 122 valence electrons. The Morgan fingerprint density at radius 2 is 2.17 bits per heavy atom. The number of halogens is 1. The van der Waals surface area contributed by atoms with Crippen molar-refractivity contribution in [2.75, 3.05) is 18.5 Å². The fourth-order valence-corrected chi connectivity index (χ4v) is 2.85. The second kappa shape index (κ2) is 6.37. The zero-order chi connectivity index (χ0) is 16.4. The Morgan fingerprint density at radius 3 is 2.87 bits per heavy atom. The van der Waals surface area contributed by atoms with Gasteiger partial charge in [0.05, 0.1) is 18.3 Å². The summed E-state index contributed by atoms with van der Waals surface area (Å²) in [6.07, 6.45) is 1.70. The number of nitrogens with zero attached hydrogens (tertiary/aromatic N) is 3. The molecule has 1 aromatic carbocycles. The van der Waals surface area contributed by atoms with Gasteiger partial charge in [-0.15, -0.1) is 5.10 Å². The minimum atomic E-state index is -0.309. The first-order valence-corrected chi connectivity index (χ1v) is 7.59. The highest BCUT2D eigenvalue weighted by atomic mass is 19.1. The number of hydrogen-bond acceptors (Lipinski definition) is 3. The first-order valence-electron chi connectivity index (χ1n) is 7.59. The largest absolute Gasteiger partial charge is 0.394 e. The standard InChI is InChI=1S/C16H19FN4O2/c1-11-9-15(18-16(23)20-8-2-3-14(20)10-22)19-21(11)13-6-4-12(17)5-7-13/h4-7,9,14,22H,2-3,8,10H2,1H3,(H,18,19,23). The van der Waals surface area contributed by atoms with Gasteiger partial charge in [0, 0.05) is 18.3 Å². The van der Waals surface area contributed by atoms with Crippen LogP contribution in [-0.2, 0) is 0 Å². The van der Waals surface area contributed by atoms with E-state index in [1.165, 1.54) is 12.1 Å². The minimum Gasteiger partial charge on any atom is -0.394 e. The molecule has 0 saturated carbocycles. The van der Waals surface area contributed by atoms with Gasteiger partial charge >= 0.3 is 6.03 Å². The monoisotopic (exact) mass is 318 g/mol. The lowest BCUT2D eigenvalue weighted by Gasteiger charge is -2.22. The number of carbonyl (C=O) groups is 1. The zero-order valence-electron chi connectivity index (χ0n) is 12.9. The summed E-state index contributed by atoms with van der Waals surface area (Å²) in [5.74, 6) is 0.122. The third kappa shape index (κ3) is 3.19. The summed E-state index contributed by atoms with van der Waals surface area (Å²) in [5, 5.41) is 16.4. The number of aromatic nitrogens is 2. The van der Waals surface area contributed by atoms with Crippen molar-refractivity contribution in [1.82, 2.24) is 14.7 Å². The number of aliphatic hydroxyl groups excluding tert-OH is 1. The van der Waals surface area contributed by atoms with Crippen LogP contribution in [0.2, 0.25) is 0 Å². The van der Waals surface area contributed by atoms with Crippen molar-refractivity contribution in [3.05, 3.63) is 41.8 Å². The summed E-state index contributed by atoms with van der Waals surface area (Å²) in [7, 11) is 0. The average Bonchev–Trinajstić information content (AvgIpc) is 3.14. The maximum absolute atomic E-state index is 13.0. The Morgan fingerprint density at radius 1 is 1.43 bits per heavy atom. The van der Waals surface area contributed by atoms with Gasteiger partial charge < -0.3 is 10.0 Å². The lowest BCUT2D eigenvalue weighted by molar-refractivity contribution is 0.166. The molecule has 1 atom stereocenters. The molecule has 23 heavy (non-hydrogen) atoms. The van der Waals surface area contributed by atoms with E-state index in [-0.39, 0.29) is 24.5 Å². The maximum Gasteiger partial charge on any atom is 0.323 e. The summed E-state index contributed by atoms with van der Waals surface area (Å²) in [5.41, 5.74) is 1.55. The fourth-order valence-electron chi connectivity index (χ4n) is 2.85. The van der Waals surface area contributed by atoms with E-state index in [0.717, 1.165) is 24.2 Å². The Balaban J connectivity index is 1.76. The van der Waals surface area contributed by atoms with Crippen LogP contribution in [0.25, 0.3) is 5.69 Å². The number of anilines is 1. The van der Waals surface area contributed by atoms with Gasteiger partial charge in [-0.05, 0) is 44.0 Å². The van der Waals surface area contributed by atoms with Gasteiger partial charge in [-0.3, -0.25) is 5.32 Å². The lowest BCUT2D eigenvalue weighted by Crippen LogP contribution is -2.40. The van der Waals surface area contributed by atoms with Gasteiger partial charge in [-0.2, -0.15) is 0 Å². The average molecular weight is 318 g/mol. The molecule has 6 nitrogen and oxygen atoms in total. The summed E-state index contributed by atoms with van der Waals surface area (Å²) in [6.45, 7) is 2.46. The normalized spacial score (nSPS) is 17.5. The topological polar surface area (TPSA) is 70.4 Å². The van der Waals surface area contributed by atoms with Gasteiger partial charge in [0.15, 0.2) is 5.82 Å². The van der Waals surface area contributed by atoms with E-state index in [1.807, 2.05) is 6.92 Å². The highest BCUT2D eigenvalue weighted by Crippen LogP contribution is 2.20. The smallest absolute Gasteiger partial charge is 0.323 e. The van der Waals surface area contributed by atoms with Crippen LogP contribution in [0.15, 0.2) is 30.3 Å². The van der Waals surface area contributed by atoms with Crippen molar-refractivity contribution in [3.8, 4) is 5.69 Å². The predicted molar refractivity (Wildman–Crippen MR) is 84.1 cm³/mol. The molecular formula is C16H19FN4O2. The van der Waals surface area contributed by atoms with Crippen molar-refractivity contribution in [2.24, 2.45) is 0 Å². The van der Waals surface area contributed by atoms with Crippen LogP contribution in [0, 0.1) is 12.7 Å². The van der Waals surface area contributed by atoms with Crippen molar-refractivity contribution in [2.45, 2.75) is 25.8 Å². The SMILES string of the molecule is Cc1cc(NC(=O)N2CCCC2CO)nn1-c1ccc(F)cc1. The number of nitrogens with one attached hydrogen (secondary N) is 1. The molecular weight excluding hydrogens is 299 g/mol. The number of likely N-dealkylation sites (tertiary alicyclic amines) is 1. The number of hydrogen-bond donors (Lipinski definition) is 2. The molecule has 2 heterocycles. The molecule has 1 aliphatic rings. The van der Waals surface area contributed by atoms with Crippen LogP contribution in [0.4, 0.5) is 15.0 Å². The molecule has 0 spiro atoms. The molecule has 7 heteroatoms. The molecule has 2 N–H and O–H groups in total. The molecule has 1 fully saturated rings. The molecule has 1 saturated heterocycles. The van der Waals surface area contributed by atoms with E-state index in [4.69, 9.17) is 0 Å². The number of urea groups is 1. The van der Waals surface area contributed by atoms with E-state index >= 15 is 0 Å². The number of amides is 2. The van der Waals surface area contributed by atoms with Crippen molar-refractivity contribution >= 4 is 11.8 Å². The second-order valence-electron chi connectivity index (χ2n) is 5.66. The van der Waals surface area contributed by atoms with E-state index in [2.05, 4.69) is 10.4 Å². The van der Waals surface area contributed by atoms with Gasteiger partial charge in [0.25, 0.3) is 0 Å². The van der Waals surface area contributed by atoms with Crippen LogP contribution in [-0.4, -0.2) is 45.0 Å². The Bertz CT molecular complexity index is 699. The van der Waals surface area contributed by atoms with E-state index in [9.17, 15) is 14.3 Å². The van der Waals surface area contributed by atoms with Crippen LogP contribution in [0.5, 0.6) is 0 Å². The molecule has 1 aliphatic heterocycles. The van der Waals surface area contributed by atoms with Crippen LogP contribution >= 0.6 is 0 Å². The molecule has 0 bridgehead atoms. The van der Waals surface area contributed by atoms with E-state index < -0.39 is 0 Å². The van der Waals surface area contributed by atoms with Gasteiger partial charge in [0.2, 0.25) is 0 Å². The van der Waals surface area contributed by atoms with E-state index in [0.29, 0.717) is 12.4 Å². The Kier molecular flexibility index (Phi) is 4.29. The summed E-state index contributed by atoms with van der Waals surface area (Å²) >= 11 is 0. The van der Waals surface area contributed by atoms with Crippen molar-refractivity contribution < 1.29 is 14.3 Å². The molecule has 0 aliphatic carbocycles. The minimum absolute atomic E-state index is 0.0313. The van der Waals surface area contributed by atoms with Gasteiger partial charge in [-0.1, -0.05) is 0 Å². The number of aryl methyl sites for hydroxylation is 1. The zero-order valence-corrected chi connectivity index (χ0v) is 12.9. The van der Waals surface area contributed by atoms with Gasteiger partial charge in [0.1, 0.15) is 5.82 Å². The van der Waals surface area contributed by atoms with Gasteiger partial charge in [-0.25, -0.2) is 13.9 Å². The summed E-state index contributed by atoms with van der Waals surface area (Å²) in [4.78, 5) is 13.9. The first-order chi connectivity index (χ1) is 11.1. The molecule has 2 amide bonds. The third-order valence-corrected chi connectivity index (χ3v) is 4.04. The number of aliphatic hydroxyl groups is 1. The van der Waals surface area contributed by atoms with Crippen LogP contribution in [0.1, 0.15) is 18.5 Å². The van der Waals surface area contributed by atoms with Crippen LogP contribution < -0.4 is 5.32 Å². The van der Waals surface area contributed by atoms with Crippen molar-refractivity contribution in [3.63, 3.8) is 0 Å². The number of rotatable bonds is 3. The predicted octanol–water partition coefficient (Wildman–Crippen LogP) is 2.31. The Labute approximate surface area is 133 Å². The first kappa shape index (κ1) is 15.5. The van der Waals surface area contributed by atoms with Crippen LogP contribution in [0.3, 0.4) is 0 Å². The highest BCUT2D eigenvalue weighted by Gasteiger charge is 2.28. The third-order valence-electron chi connectivity index (χ3n) is 4.04. The molecule has 2 aromatic rings. The Hall–Kier alpha value is -2.41. The summed E-state index contributed by atoms with van der Waals surface area (Å²) < 4.78 is 14.7. The molecule has 0 radical (unpaired) electrons. The molecule has 1 unspecified atom stereocenters. The lowest BCUT2D eigenvalue weighted by atomic mass is 10.2.